The van der Waals surface area contributed by atoms with E-state index < -0.39 is 15.6 Å². The van der Waals surface area contributed by atoms with E-state index in [1.54, 1.807) is 0 Å². The van der Waals surface area contributed by atoms with Gasteiger partial charge in [0.15, 0.2) is 0 Å². The largest absolute Gasteiger partial charge is 0.312 e. The summed E-state index contributed by atoms with van der Waals surface area (Å²) < 4.78 is 25.1. The molecule has 2 rings (SSSR count). The third-order valence-corrected chi connectivity index (χ3v) is 4.55. The Bertz CT molecular complexity index is 414. The molecule has 0 radical (unpaired) electrons. The highest BCUT2D eigenvalue weighted by molar-refractivity contribution is 7.88. The zero-order valence-electron chi connectivity index (χ0n) is 10.7. The zero-order chi connectivity index (χ0) is 12.7. The van der Waals surface area contributed by atoms with E-state index in [1.165, 1.54) is 19.1 Å². The smallest absolute Gasteiger partial charge is 0.209 e. The van der Waals surface area contributed by atoms with E-state index in [2.05, 4.69) is 22.2 Å². The molecule has 1 saturated carbocycles. The summed E-state index contributed by atoms with van der Waals surface area (Å²) in [5, 5.41) is 3.48. The van der Waals surface area contributed by atoms with E-state index in [4.69, 9.17) is 0 Å². The third kappa shape index (κ3) is 3.30. The molecule has 3 atom stereocenters. The van der Waals surface area contributed by atoms with Crippen molar-refractivity contribution < 1.29 is 8.42 Å². The third-order valence-electron chi connectivity index (χ3n) is 3.63. The van der Waals surface area contributed by atoms with E-state index >= 15 is 0 Å². The Labute approximate surface area is 104 Å². The first-order valence-corrected chi connectivity index (χ1v) is 8.05. The van der Waals surface area contributed by atoms with Crippen molar-refractivity contribution in [2.24, 2.45) is 11.8 Å². The molecule has 2 N–H and O–H groups in total. The van der Waals surface area contributed by atoms with Crippen LogP contribution in [0.1, 0.15) is 26.7 Å². The Kier molecular flexibility index (Phi) is 3.36. The normalized spacial score (nSPS) is 32.3. The Morgan fingerprint density at radius 2 is 2.12 bits per heavy atom. The summed E-state index contributed by atoms with van der Waals surface area (Å²) in [5.41, 5.74) is -0.430. The van der Waals surface area contributed by atoms with Crippen LogP contribution in [0.2, 0.25) is 0 Å². The van der Waals surface area contributed by atoms with Crippen LogP contribution in [0.3, 0.4) is 0 Å². The highest BCUT2D eigenvalue weighted by Gasteiger charge is 2.41. The van der Waals surface area contributed by atoms with Crippen LogP contribution in [0.5, 0.6) is 0 Å². The van der Waals surface area contributed by atoms with Crippen molar-refractivity contribution in [1.29, 1.82) is 0 Å². The molecule has 0 amide bonds. The van der Waals surface area contributed by atoms with Crippen molar-refractivity contribution in [1.82, 2.24) is 10.0 Å². The number of nitrogens with one attached hydrogen (secondary N) is 2. The van der Waals surface area contributed by atoms with Gasteiger partial charge in [-0.2, -0.15) is 0 Å². The van der Waals surface area contributed by atoms with Crippen LogP contribution in [0.4, 0.5) is 0 Å². The number of hydrogen-bond donors (Lipinski definition) is 2. The first-order valence-electron chi connectivity index (χ1n) is 6.16. The second kappa shape index (κ2) is 4.37. The molecule has 0 aliphatic heterocycles. The second-order valence-electron chi connectivity index (χ2n) is 5.98. The molecule has 98 valence electrons. The fourth-order valence-electron chi connectivity index (χ4n) is 2.87. The quantitative estimate of drug-likeness (QED) is 0.719. The molecular weight excluding hydrogens is 236 g/mol. The van der Waals surface area contributed by atoms with Crippen LogP contribution in [-0.4, -0.2) is 32.8 Å². The van der Waals surface area contributed by atoms with Crippen LogP contribution < -0.4 is 10.0 Å². The molecule has 0 aromatic rings. The number of hydrogen-bond acceptors (Lipinski definition) is 3. The van der Waals surface area contributed by atoms with Crippen molar-refractivity contribution in [3.05, 3.63) is 12.2 Å². The topological polar surface area (TPSA) is 58.2 Å². The number of fused-ring (bicyclic) bond motifs is 1. The van der Waals surface area contributed by atoms with Crippen LogP contribution in [0.15, 0.2) is 12.2 Å². The molecule has 1 fully saturated rings. The van der Waals surface area contributed by atoms with Crippen molar-refractivity contribution in [3.63, 3.8) is 0 Å². The standard InChI is InChI=1S/C12H22N2O2S/c1-12(2,14-17(3,15)16)8-13-11-7-9-5-4-6-10(9)11/h4,6,9-11,13-14H,5,7-8H2,1-3H3. The summed E-state index contributed by atoms with van der Waals surface area (Å²) in [4.78, 5) is 0. The second-order valence-corrected chi connectivity index (χ2v) is 7.73. The molecule has 0 aromatic heterocycles. The van der Waals surface area contributed by atoms with Gasteiger partial charge >= 0.3 is 0 Å². The minimum Gasteiger partial charge on any atom is -0.312 e. The van der Waals surface area contributed by atoms with Gasteiger partial charge in [0.05, 0.1) is 6.26 Å². The molecule has 2 aliphatic carbocycles. The lowest BCUT2D eigenvalue weighted by atomic mass is 9.71. The van der Waals surface area contributed by atoms with Crippen molar-refractivity contribution >= 4 is 10.0 Å². The maximum Gasteiger partial charge on any atom is 0.209 e. The van der Waals surface area contributed by atoms with Crippen molar-refractivity contribution in [3.8, 4) is 0 Å². The number of sulfonamides is 1. The summed E-state index contributed by atoms with van der Waals surface area (Å²) >= 11 is 0. The van der Waals surface area contributed by atoms with Gasteiger partial charge < -0.3 is 5.32 Å². The minimum absolute atomic E-state index is 0.430. The molecule has 0 bridgehead atoms. The van der Waals surface area contributed by atoms with Gasteiger partial charge in [0.2, 0.25) is 10.0 Å². The van der Waals surface area contributed by atoms with E-state index in [0.29, 0.717) is 18.5 Å². The first-order chi connectivity index (χ1) is 7.77. The summed E-state index contributed by atoms with van der Waals surface area (Å²) in [7, 11) is -3.14. The predicted molar refractivity (Wildman–Crippen MR) is 69.2 cm³/mol. The molecule has 17 heavy (non-hydrogen) atoms. The van der Waals surface area contributed by atoms with E-state index in [0.717, 1.165) is 5.92 Å². The Morgan fingerprint density at radius 1 is 1.41 bits per heavy atom. The fourth-order valence-corrected chi connectivity index (χ4v) is 3.95. The van der Waals surface area contributed by atoms with Gasteiger partial charge in [-0.1, -0.05) is 12.2 Å². The van der Waals surface area contributed by atoms with Gasteiger partial charge in [0.25, 0.3) is 0 Å². The zero-order valence-corrected chi connectivity index (χ0v) is 11.5. The van der Waals surface area contributed by atoms with E-state index in [9.17, 15) is 8.42 Å². The van der Waals surface area contributed by atoms with Gasteiger partial charge in [-0.15, -0.1) is 0 Å². The monoisotopic (exact) mass is 258 g/mol. The minimum atomic E-state index is -3.14. The van der Waals surface area contributed by atoms with Crippen LogP contribution in [0.25, 0.3) is 0 Å². The van der Waals surface area contributed by atoms with Gasteiger partial charge in [-0.05, 0) is 38.5 Å². The molecule has 5 heteroatoms. The summed E-state index contributed by atoms with van der Waals surface area (Å²) in [6, 6.07) is 0.527. The first kappa shape index (κ1) is 13.1. The lowest BCUT2D eigenvalue weighted by Gasteiger charge is -2.42. The van der Waals surface area contributed by atoms with Gasteiger partial charge in [0, 0.05) is 18.1 Å². The highest BCUT2D eigenvalue weighted by Crippen LogP contribution is 2.42. The van der Waals surface area contributed by atoms with Gasteiger partial charge in [-0.3, -0.25) is 0 Å². The molecule has 0 saturated heterocycles. The maximum absolute atomic E-state index is 11.2. The van der Waals surface area contributed by atoms with Crippen molar-refractivity contribution in [2.75, 3.05) is 12.8 Å². The summed E-state index contributed by atoms with van der Waals surface area (Å²) in [6.07, 6.45) is 8.19. The maximum atomic E-state index is 11.2. The van der Waals surface area contributed by atoms with Gasteiger partial charge in [-0.25, -0.2) is 13.1 Å². The van der Waals surface area contributed by atoms with Crippen molar-refractivity contribution in [2.45, 2.75) is 38.3 Å². The number of allylic oxidation sites excluding steroid dienone is 1. The van der Waals surface area contributed by atoms with Crippen LogP contribution in [0, 0.1) is 11.8 Å². The summed E-state index contributed by atoms with van der Waals surface area (Å²) in [6.45, 7) is 4.48. The molecular formula is C12H22N2O2S. The van der Waals surface area contributed by atoms with Crippen LogP contribution in [-0.2, 0) is 10.0 Å². The van der Waals surface area contributed by atoms with Crippen LogP contribution >= 0.6 is 0 Å². The average molecular weight is 258 g/mol. The molecule has 4 nitrogen and oxygen atoms in total. The fraction of sp³-hybridized carbons (Fsp3) is 0.833. The highest BCUT2D eigenvalue weighted by atomic mass is 32.2. The Hall–Kier alpha value is -0.390. The lowest BCUT2D eigenvalue weighted by Crippen LogP contribution is -2.56. The molecule has 3 unspecified atom stereocenters. The molecule has 2 aliphatic rings. The average Bonchev–Trinajstić information content (AvgIpc) is 2.43. The lowest BCUT2D eigenvalue weighted by molar-refractivity contribution is 0.155. The Morgan fingerprint density at radius 3 is 2.71 bits per heavy atom. The Balaban J connectivity index is 1.80. The SMILES string of the molecule is CC(C)(CNC1CC2CC=CC21)NS(C)(=O)=O. The molecule has 0 spiro atoms. The molecule has 0 heterocycles. The van der Waals surface area contributed by atoms with Gasteiger partial charge in [0.1, 0.15) is 0 Å². The summed E-state index contributed by atoms with van der Waals surface area (Å²) in [5.74, 6) is 1.50. The van der Waals surface area contributed by atoms with E-state index in [-0.39, 0.29) is 0 Å². The number of rotatable bonds is 5. The molecule has 0 aromatic carbocycles. The predicted octanol–water partition coefficient (Wildman–Crippen LogP) is 0.868. The van der Waals surface area contributed by atoms with E-state index in [1.807, 2.05) is 13.8 Å².